The number of likely N-dealkylation sites (N-methyl/N-ethyl adjacent to an activating group) is 1. The van der Waals surface area contributed by atoms with Crippen molar-refractivity contribution in [2.75, 3.05) is 26.2 Å². The molecule has 1 atom stereocenters. The van der Waals surface area contributed by atoms with Crippen LogP contribution in [0.5, 0.6) is 0 Å². The molecule has 0 aromatic heterocycles. The number of nitrogens with one attached hydrogen (secondary N) is 1. The van der Waals surface area contributed by atoms with E-state index in [2.05, 4.69) is 54.4 Å². The van der Waals surface area contributed by atoms with E-state index in [4.69, 9.17) is 0 Å². The van der Waals surface area contributed by atoms with E-state index >= 15 is 0 Å². The highest BCUT2D eigenvalue weighted by Gasteiger charge is 2.26. The zero-order valence-electron chi connectivity index (χ0n) is 12.4. The summed E-state index contributed by atoms with van der Waals surface area (Å²) in [5.41, 5.74) is 1.46. The van der Waals surface area contributed by atoms with Gasteiger partial charge >= 0.3 is 0 Å². The van der Waals surface area contributed by atoms with Crippen LogP contribution in [0, 0.1) is 0 Å². The Kier molecular flexibility index (Phi) is 5.87. The monoisotopic (exact) mass is 260 g/mol. The molecule has 0 radical (unpaired) electrons. The van der Waals surface area contributed by atoms with Gasteiger partial charge in [-0.3, -0.25) is 4.90 Å². The van der Waals surface area contributed by atoms with E-state index in [0.717, 1.165) is 19.1 Å². The van der Waals surface area contributed by atoms with Crippen molar-refractivity contribution in [2.24, 2.45) is 0 Å². The van der Waals surface area contributed by atoms with E-state index in [9.17, 15) is 0 Å². The van der Waals surface area contributed by atoms with Gasteiger partial charge in [-0.05, 0) is 43.8 Å². The summed E-state index contributed by atoms with van der Waals surface area (Å²) in [4.78, 5) is 2.60. The maximum atomic E-state index is 3.59. The molecule has 19 heavy (non-hydrogen) atoms. The lowest BCUT2D eigenvalue weighted by Gasteiger charge is -2.20. The van der Waals surface area contributed by atoms with Crippen LogP contribution in [0.25, 0.3) is 0 Å². The predicted molar refractivity (Wildman–Crippen MR) is 82.6 cm³/mol. The standard InChI is InChI=1S/C17H28N2/c1-3-19(17-9-10-17)14-13-18-12-11-15(2)16-7-5-4-6-8-16/h4-8,15,17-18H,3,9-14H2,1-2H3. The van der Waals surface area contributed by atoms with E-state index in [1.807, 2.05) is 0 Å². The Hall–Kier alpha value is -0.860. The first-order chi connectivity index (χ1) is 9.31. The normalized spacial score (nSPS) is 16.8. The van der Waals surface area contributed by atoms with Gasteiger partial charge in [-0.1, -0.05) is 44.2 Å². The van der Waals surface area contributed by atoms with E-state index < -0.39 is 0 Å². The zero-order valence-corrected chi connectivity index (χ0v) is 12.4. The second-order valence-corrected chi connectivity index (χ2v) is 5.71. The van der Waals surface area contributed by atoms with Gasteiger partial charge in [0.15, 0.2) is 0 Å². The molecule has 1 fully saturated rings. The van der Waals surface area contributed by atoms with Gasteiger partial charge in [-0.15, -0.1) is 0 Å². The summed E-state index contributed by atoms with van der Waals surface area (Å²) in [5.74, 6) is 0.652. The molecule has 2 rings (SSSR count). The number of rotatable bonds is 9. The Balaban J connectivity index is 1.56. The second kappa shape index (κ2) is 7.66. The highest BCUT2D eigenvalue weighted by Crippen LogP contribution is 2.25. The van der Waals surface area contributed by atoms with Crippen molar-refractivity contribution in [3.8, 4) is 0 Å². The third kappa shape index (κ3) is 4.96. The van der Waals surface area contributed by atoms with Crippen LogP contribution in [0.4, 0.5) is 0 Å². The molecule has 1 unspecified atom stereocenters. The highest BCUT2D eigenvalue weighted by molar-refractivity contribution is 5.18. The number of hydrogen-bond acceptors (Lipinski definition) is 2. The van der Waals surface area contributed by atoms with E-state index in [-0.39, 0.29) is 0 Å². The fourth-order valence-corrected chi connectivity index (χ4v) is 2.65. The first-order valence-electron chi connectivity index (χ1n) is 7.81. The van der Waals surface area contributed by atoms with Gasteiger partial charge in [0.1, 0.15) is 0 Å². The fraction of sp³-hybridized carbons (Fsp3) is 0.647. The molecule has 2 nitrogen and oxygen atoms in total. The van der Waals surface area contributed by atoms with Gasteiger partial charge in [-0.2, -0.15) is 0 Å². The molecule has 0 spiro atoms. The summed E-state index contributed by atoms with van der Waals surface area (Å²) in [7, 11) is 0. The number of hydrogen-bond donors (Lipinski definition) is 1. The molecule has 0 amide bonds. The molecule has 2 heteroatoms. The molecule has 1 N–H and O–H groups in total. The lowest BCUT2D eigenvalue weighted by atomic mass is 9.98. The van der Waals surface area contributed by atoms with Crippen LogP contribution in [0.3, 0.4) is 0 Å². The Bertz CT molecular complexity index is 346. The molecule has 0 saturated heterocycles. The highest BCUT2D eigenvalue weighted by atomic mass is 15.2. The molecule has 106 valence electrons. The van der Waals surface area contributed by atoms with Gasteiger partial charge in [-0.25, -0.2) is 0 Å². The van der Waals surface area contributed by atoms with Gasteiger partial charge in [0.25, 0.3) is 0 Å². The number of benzene rings is 1. The minimum absolute atomic E-state index is 0.652. The zero-order chi connectivity index (χ0) is 13.5. The maximum Gasteiger partial charge on any atom is 0.0110 e. The quantitative estimate of drug-likeness (QED) is 0.686. The van der Waals surface area contributed by atoms with Crippen LogP contribution in [-0.4, -0.2) is 37.1 Å². The molecule has 1 saturated carbocycles. The lowest BCUT2D eigenvalue weighted by molar-refractivity contribution is 0.277. The minimum Gasteiger partial charge on any atom is -0.315 e. The lowest BCUT2D eigenvalue weighted by Crippen LogP contribution is -2.34. The van der Waals surface area contributed by atoms with Crippen LogP contribution < -0.4 is 5.32 Å². The van der Waals surface area contributed by atoms with Gasteiger partial charge in [0.2, 0.25) is 0 Å². The van der Waals surface area contributed by atoms with E-state index in [0.29, 0.717) is 5.92 Å². The van der Waals surface area contributed by atoms with Crippen molar-refractivity contribution >= 4 is 0 Å². The molecule has 1 aromatic carbocycles. The van der Waals surface area contributed by atoms with Crippen LogP contribution >= 0.6 is 0 Å². The molecule has 1 aromatic rings. The third-order valence-corrected chi connectivity index (χ3v) is 4.17. The number of nitrogens with zero attached hydrogens (tertiary/aromatic N) is 1. The third-order valence-electron chi connectivity index (χ3n) is 4.17. The average Bonchev–Trinajstić information content (AvgIpc) is 3.28. The summed E-state index contributed by atoms with van der Waals surface area (Å²) >= 11 is 0. The summed E-state index contributed by atoms with van der Waals surface area (Å²) in [5, 5.41) is 3.59. The minimum atomic E-state index is 0.652. The Morgan fingerprint density at radius 1 is 1.21 bits per heavy atom. The van der Waals surface area contributed by atoms with Gasteiger partial charge in [0, 0.05) is 19.1 Å². The van der Waals surface area contributed by atoms with Crippen LogP contribution in [0.2, 0.25) is 0 Å². The molecule has 1 aliphatic rings. The molecule has 0 heterocycles. The maximum absolute atomic E-state index is 3.59. The van der Waals surface area contributed by atoms with Crippen molar-refractivity contribution in [2.45, 2.75) is 45.1 Å². The molecular formula is C17H28N2. The van der Waals surface area contributed by atoms with Crippen molar-refractivity contribution in [3.63, 3.8) is 0 Å². The topological polar surface area (TPSA) is 15.3 Å². The first kappa shape index (κ1) is 14.5. The summed E-state index contributed by atoms with van der Waals surface area (Å²) in [6, 6.07) is 11.7. The van der Waals surface area contributed by atoms with E-state index in [1.54, 1.807) is 0 Å². The Morgan fingerprint density at radius 3 is 2.58 bits per heavy atom. The average molecular weight is 260 g/mol. The van der Waals surface area contributed by atoms with E-state index in [1.165, 1.54) is 37.9 Å². The largest absolute Gasteiger partial charge is 0.315 e. The van der Waals surface area contributed by atoms with Crippen molar-refractivity contribution in [1.29, 1.82) is 0 Å². The van der Waals surface area contributed by atoms with Gasteiger partial charge in [0.05, 0.1) is 0 Å². The van der Waals surface area contributed by atoms with Crippen LogP contribution in [0.15, 0.2) is 30.3 Å². The molecular weight excluding hydrogens is 232 g/mol. The van der Waals surface area contributed by atoms with Crippen LogP contribution in [0.1, 0.15) is 44.6 Å². The fourth-order valence-electron chi connectivity index (χ4n) is 2.65. The SMILES string of the molecule is CCN(CCNCCC(C)c1ccccc1)C1CC1. The van der Waals surface area contributed by atoms with Gasteiger partial charge < -0.3 is 5.32 Å². The van der Waals surface area contributed by atoms with Crippen molar-refractivity contribution in [1.82, 2.24) is 10.2 Å². The van der Waals surface area contributed by atoms with Crippen LogP contribution in [-0.2, 0) is 0 Å². The molecule has 0 bridgehead atoms. The predicted octanol–water partition coefficient (Wildman–Crippen LogP) is 3.25. The molecule has 0 aliphatic heterocycles. The second-order valence-electron chi connectivity index (χ2n) is 5.71. The summed E-state index contributed by atoms with van der Waals surface area (Å²) < 4.78 is 0. The summed E-state index contributed by atoms with van der Waals surface area (Å²) in [6.45, 7) is 9.26. The molecule has 1 aliphatic carbocycles. The Labute approximate surface area is 118 Å². The van der Waals surface area contributed by atoms with Crippen molar-refractivity contribution < 1.29 is 0 Å². The summed E-state index contributed by atoms with van der Waals surface area (Å²) in [6.07, 6.45) is 4.05. The first-order valence-corrected chi connectivity index (χ1v) is 7.81. The smallest absolute Gasteiger partial charge is 0.0110 e. The Morgan fingerprint density at radius 2 is 1.95 bits per heavy atom. The van der Waals surface area contributed by atoms with Crippen molar-refractivity contribution in [3.05, 3.63) is 35.9 Å².